The normalized spacial score (nSPS) is 23.6. The second-order valence-corrected chi connectivity index (χ2v) is 5.05. The van der Waals surface area contributed by atoms with Gasteiger partial charge in [0.1, 0.15) is 0 Å². The van der Waals surface area contributed by atoms with E-state index < -0.39 is 11.4 Å². The minimum Gasteiger partial charge on any atom is -0.481 e. The molecule has 1 aliphatic rings. The van der Waals surface area contributed by atoms with Crippen molar-refractivity contribution >= 4 is 12.0 Å². The molecular weight excluding hydrogens is 244 g/mol. The zero-order valence-corrected chi connectivity index (χ0v) is 11.8. The number of amides is 2. The van der Waals surface area contributed by atoms with Crippen LogP contribution in [0.1, 0.15) is 39.5 Å². The van der Waals surface area contributed by atoms with Crippen molar-refractivity contribution in [3.8, 4) is 0 Å². The number of carbonyl (C=O) groups excluding carboxylic acids is 1. The molecule has 1 unspecified atom stereocenters. The number of carbonyl (C=O) groups is 2. The fourth-order valence-corrected chi connectivity index (χ4v) is 2.46. The van der Waals surface area contributed by atoms with Gasteiger partial charge in [-0.3, -0.25) is 4.79 Å². The zero-order chi connectivity index (χ0) is 14.3. The van der Waals surface area contributed by atoms with Gasteiger partial charge in [0.2, 0.25) is 0 Å². The third-order valence-electron chi connectivity index (χ3n) is 3.82. The molecule has 5 heteroatoms. The summed E-state index contributed by atoms with van der Waals surface area (Å²) in [5, 5.41) is 12.2. The molecule has 0 aliphatic carbocycles. The number of hydrogen-bond acceptors (Lipinski definition) is 2. The standard InChI is InChI=1S/C14H24N2O3/c1-3-5-6-9-15-13(19)16-10-7-8-14(4-2,11-16)12(17)18/h3,5H,4,6-11H2,1-2H3,(H,15,19)(H,17,18)/b5-3+. The molecule has 1 saturated heterocycles. The Labute approximate surface area is 114 Å². The number of carboxylic acid groups (broad SMARTS) is 1. The predicted molar refractivity (Wildman–Crippen MR) is 74.0 cm³/mol. The van der Waals surface area contributed by atoms with Gasteiger partial charge in [-0.1, -0.05) is 19.1 Å². The van der Waals surface area contributed by atoms with E-state index in [0.29, 0.717) is 32.5 Å². The van der Waals surface area contributed by atoms with Gasteiger partial charge in [-0.15, -0.1) is 0 Å². The van der Waals surface area contributed by atoms with Gasteiger partial charge < -0.3 is 15.3 Å². The lowest BCUT2D eigenvalue weighted by Crippen LogP contribution is -2.52. The highest BCUT2D eigenvalue weighted by atomic mass is 16.4. The number of carboxylic acids is 1. The van der Waals surface area contributed by atoms with Crippen LogP contribution in [0.5, 0.6) is 0 Å². The maximum absolute atomic E-state index is 12.0. The maximum atomic E-state index is 12.0. The molecule has 2 amide bonds. The van der Waals surface area contributed by atoms with E-state index in [4.69, 9.17) is 0 Å². The molecule has 108 valence electrons. The summed E-state index contributed by atoms with van der Waals surface area (Å²) in [6.07, 6.45) is 6.70. The van der Waals surface area contributed by atoms with Crippen LogP contribution in [-0.2, 0) is 4.79 Å². The van der Waals surface area contributed by atoms with Gasteiger partial charge in [0, 0.05) is 19.6 Å². The number of aliphatic carboxylic acids is 1. The number of nitrogens with one attached hydrogen (secondary N) is 1. The van der Waals surface area contributed by atoms with Crippen LogP contribution in [0.25, 0.3) is 0 Å². The first-order valence-electron chi connectivity index (χ1n) is 6.93. The van der Waals surface area contributed by atoms with Crippen LogP contribution in [-0.4, -0.2) is 41.6 Å². The lowest BCUT2D eigenvalue weighted by atomic mass is 9.78. The summed E-state index contributed by atoms with van der Waals surface area (Å²) in [5.41, 5.74) is -0.765. The molecule has 0 spiro atoms. The summed E-state index contributed by atoms with van der Waals surface area (Å²) in [6, 6.07) is -0.150. The number of rotatable bonds is 5. The average molecular weight is 268 g/mol. The van der Waals surface area contributed by atoms with Crippen LogP contribution in [0.15, 0.2) is 12.2 Å². The van der Waals surface area contributed by atoms with E-state index in [1.807, 2.05) is 26.0 Å². The summed E-state index contributed by atoms with van der Waals surface area (Å²) in [7, 11) is 0. The number of nitrogens with zero attached hydrogens (tertiary/aromatic N) is 1. The molecular formula is C14H24N2O3. The molecule has 1 heterocycles. The van der Waals surface area contributed by atoms with E-state index in [9.17, 15) is 14.7 Å². The van der Waals surface area contributed by atoms with E-state index in [2.05, 4.69) is 5.32 Å². The van der Waals surface area contributed by atoms with E-state index >= 15 is 0 Å². The number of hydrogen-bond donors (Lipinski definition) is 2. The molecule has 0 aromatic carbocycles. The van der Waals surface area contributed by atoms with Crippen LogP contribution >= 0.6 is 0 Å². The second-order valence-electron chi connectivity index (χ2n) is 5.05. The predicted octanol–water partition coefficient (Wildman–Crippen LogP) is 2.24. The van der Waals surface area contributed by atoms with Gasteiger partial charge in [0.15, 0.2) is 0 Å². The molecule has 1 atom stereocenters. The molecule has 2 N–H and O–H groups in total. The van der Waals surface area contributed by atoms with Crippen LogP contribution in [0.4, 0.5) is 4.79 Å². The van der Waals surface area contributed by atoms with Gasteiger partial charge >= 0.3 is 12.0 Å². The molecule has 1 aliphatic heterocycles. The topological polar surface area (TPSA) is 69.6 Å². The Morgan fingerprint density at radius 1 is 1.47 bits per heavy atom. The molecule has 1 fully saturated rings. The van der Waals surface area contributed by atoms with Crippen LogP contribution in [0.3, 0.4) is 0 Å². The fraction of sp³-hybridized carbons (Fsp3) is 0.714. The van der Waals surface area contributed by atoms with Crippen molar-refractivity contribution in [2.24, 2.45) is 5.41 Å². The molecule has 0 bridgehead atoms. The van der Waals surface area contributed by atoms with Crippen LogP contribution in [0, 0.1) is 5.41 Å². The Morgan fingerprint density at radius 3 is 2.79 bits per heavy atom. The molecule has 1 rings (SSSR count). The molecule has 5 nitrogen and oxygen atoms in total. The third kappa shape index (κ3) is 3.98. The SMILES string of the molecule is C/C=C/CCNC(=O)N1CCCC(CC)(C(=O)O)C1. The highest BCUT2D eigenvalue weighted by Crippen LogP contribution is 2.33. The Hall–Kier alpha value is -1.52. The summed E-state index contributed by atoms with van der Waals surface area (Å²) >= 11 is 0. The van der Waals surface area contributed by atoms with E-state index in [0.717, 1.165) is 12.8 Å². The van der Waals surface area contributed by atoms with Gasteiger partial charge in [-0.2, -0.15) is 0 Å². The van der Waals surface area contributed by atoms with Gasteiger partial charge in [0.05, 0.1) is 5.41 Å². The summed E-state index contributed by atoms with van der Waals surface area (Å²) in [5.74, 6) is -0.790. The van der Waals surface area contributed by atoms with Crippen molar-refractivity contribution in [3.05, 3.63) is 12.2 Å². The Balaban J connectivity index is 2.54. The third-order valence-corrected chi connectivity index (χ3v) is 3.82. The minimum atomic E-state index is -0.790. The Morgan fingerprint density at radius 2 is 2.21 bits per heavy atom. The average Bonchev–Trinajstić information content (AvgIpc) is 2.43. The molecule has 0 aromatic rings. The summed E-state index contributed by atoms with van der Waals surface area (Å²) < 4.78 is 0. The molecule has 0 radical (unpaired) electrons. The van der Waals surface area contributed by atoms with Crippen molar-refractivity contribution < 1.29 is 14.7 Å². The number of likely N-dealkylation sites (tertiary alicyclic amines) is 1. The number of allylic oxidation sites excluding steroid dienone is 1. The number of urea groups is 1. The Bertz CT molecular complexity index is 355. The minimum absolute atomic E-state index is 0.150. The summed E-state index contributed by atoms with van der Waals surface area (Å²) in [6.45, 7) is 5.36. The largest absolute Gasteiger partial charge is 0.481 e. The monoisotopic (exact) mass is 268 g/mol. The zero-order valence-electron chi connectivity index (χ0n) is 11.8. The lowest BCUT2D eigenvalue weighted by molar-refractivity contribution is -0.152. The smallest absolute Gasteiger partial charge is 0.317 e. The van der Waals surface area contributed by atoms with Gasteiger partial charge in [-0.25, -0.2) is 4.79 Å². The first kappa shape index (κ1) is 15.5. The van der Waals surface area contributed by atoms with E-state index in [1.54, 1.807) is 4.90 Å². The first-order chi connectivity index (χ1) is 9.05. The van der Waals surface area contributed by atoms with Crippen molar-refractivity contribution in [3.63, 3.8) is 0 Å². The van der Waals surface area contributed by atoms with Gasteiger partial charge in [0.25, 0.3) is 0 Å². The van der Waals surface area contributed by atoms with Crippen molar-refractivity contribution in [1.29, 1.82) is 0 Å². The molecule has 19 heavy (non-hydrogen) atoms. The van der Waals surface area contributed by atoms with E-state index in [-0.39, 0.29) is 6.03 Å². The van der Waals surface area contributed by atoms with Crippen molar-refractivity contribution in [2.45, 2.75) is 39.5 Å². The molecule has 0 aromatic heterocycles. The van der Waals surface area contributed by atoms with Crippen molar-refractivity contribution in [1.82, 2.24) is 10.2 Å². The van der Waals surface area contributed by atoms with E-state index in [1.165, 1.54) is 0 Å². The Kier molecular flexibility index (Phi) is 5.86. The van der Waals surface area contributed by atoms with Crippen LogP contribution in [0.2, 0.25) is 0 Å². The first-order valence-corrected chi connectivity index (χ1v) is 6.93. The maximum Gasteiger partial charge on any atom is 0.317 e. The quantitative estimate of drug-likeness (QED) is 0.593. The fourth-order valence-electron chi connectivity index (χ4n) is 2.46. The highest BCUT2D eigenvalue weighted by molar-refractivity contribution is 5.78. The van der Waals surface area contributed by atoms with Gasteiger partial charge in [-0.05, 0) is 32.6 Å². The second kappa shape index (κ2) is 7.16. The molecule has 0 saturated carbocycles. The summed E-state index contributed by atoms with van der Waals surface area (Å²) in [4.78, 5) is 25.0. The highest BCUT2D eigenvalue weighted by Gasteiger charge is 2.41. The van der Waals surface area contributed by atoms with Crippen molar-refractivity contribution in [2.75, 3.05) is 19.6 Å². The lowest BCUT2D eigenvalue weighted by Gasteiger charge is -2.39. The number of piperidine rings is 1. The van der Waals surface area contributed by atoms with Crippen LogP contribution < -0.4 is 5.32 Å².